The van der Waals surface area contributed by atoms with E-state index < -0.39 is 0 Å². The second kappa shape index (κ2) is 4.40. The molecule has 1 heterocycles. The molecular formula is C12H15NO. The lowest BCUT2D eigenvalue weighted by atomic mass is 9.99. The Labute approximate surface area is 84.3 Å². The van der Waals surface area contributed by atoms with Crippen LogP contribution in [0.15, 0.2) is 42.0 Å². The van der Waals surface area contributed by atoms with E-state index in [1.54, 1.807) is 0 Å². The molecule has 2 heteroatoms. The van der Waals surface area contributed by atoms with E-state index in [9.17, 15) is 0 Å². The average molecular weight is 189 g/mol. The van der Waals surface area contributed by atoms with Crippen LogP contribution in [0.4, 0.5) is 0 Å². The quantitative estimate of drug-likeness (QED) is 0.693. The van der Waals surface area contributed by atoms with E-state index in [4.69, 9.17) is 5.11 Å². The molecule has 0 aromatic heterocycles. The summed E-state index contributed by atoms with van der Waals surface area (Å²) >= 11 is 0. The van der Waals surface area contributed by atoms with E-state index >= 15 is 0 Å². The summed E-state index contributed by atoms with van der Waals surface area (Å²) in [5.74, 6) is 0. The maximum atomic E-state index is 9.06. The van der Waals surface area contributed by atoms with Gasteiger partial charge in [-0.2, -0.15) is 0 Å². The summed E-state index contributed by atoms with van der Waals surface area (Å²) in [7, 11) is 0. The Kier molecular flexibility index (Phi) is 2.96. The predicted octanol–water partition coefficient (Wildman–Crippen LogP) is 1.64. The first kappa shape index (κ1) is 9.44. The van der Waals surface area contributed by atoms with E-state index in [0.717, 1.165) is 18.5 Å². The molecule has 0 fully saturated rings. The van der Waals surface area contributed by atoms with E-state index in [1.807, 2.05) is 18.2 Å². The minimum absolute atomic E-state index is 0.186. The molecule has 0 aliphatic carbocycles. The van der Waals surface area contributed by atoms with Gasteiger partial charge in [-0.1, -0.05) is 36.4 Å². The van der Waals surface area contributed by atoms with Crippen molar-refractivity contribution in [2.45, 2.75) is 12.5 Å². The average Bonchev–Trinajstić information content (AvgIpc) is 2.30. The van der Waals surface area contributed by atoms with Gasteiger partial charge in [-0.05, 0) is 24.1 Å². The Morgan fingerprint density at radius 2 is 2.07 bits per heavy atom. The molecule has 2 nitrogen and oxygen atoms in total. The third kappa shape index (κ3) is 2.03. The molecule has 1 unspecified atom stereocenters. The molecule has 0 bridgehead atoms. The van der Waals surface area contributed by atoms with Crippen molar-refractivity contribution in [1.82, 2.24) is 5.32 Å². The van der Waals surface area contributed by atoms with Gasteiger partial charge in [0.15, 0.2) is 0 Å². The van der Waals surface area contributed by atoms with Crippen LogP contribution < -0.4 is 5.32 Å². The van der Waals surface area contributed by atoms with Crippen LogP contribution in [0.1, 0.15) is 18.0 Å². The largest absolute Gasteiger partial charge is 0.392 e. The van der Waals surface area contributed by atoms with Gasteiger partial charge in [-0.25, -0.2) is 0 Å². The molecule has 2 N–H and O–H groups in total. The van der Waals surface area contributed by atoms with Crippen molar-refractivity contribution in [1.29, 1.82) is 0 Å². The molecule has 74 valence electrons. The van der Waals surface area contributed by atoms with Crippen LogP contribution in [0.3, 0.4) is 0 Å². The van der Waals surface area contributed by atoms with E-state index in [-0.39, 0.29) is 12.6 Å². The lowest BCUT2D eigenvalue weighted by molar-refractivity contribution is 0.321. The normalized spacial score (nSPS) is 21.8. The molecule has 0 amide bonds. The van der Waals surface area contributed by atoms with Gasteiger partial charge in [0.1, 0.15) is 0 Å². The maximum Gasteiger partial charge on any atom is 0.0642 e. The first-order valence-electron chi connectivity index (χ1n) is 4.99. The zero-order valence-corrected chi connectivity index (χ0v) is 8.11. The molecule has 2 rings (SSSR count). The van der Waals surface area contributed by atoms with Gasteiger partial charge in [0.25, 0.3) is 0 Å². The Bertz CT molecular complexity index is 318. The molecule has 0 saturated carbocycles. The number of aliphatic hydroxyl groups is 1. The molecule has 1 aromatic rings. The highest BCUT2D eigenvalue weighted by Gasteiger charge is 2.13. The summed E-state index contributed by atoms with van der Waals surface area (Å²) in [6.45, 7) is 1.14. The summed E-state index contributed by atoms with van der Waals surface area (Å²) in [5.41, 5.74) is 2.40. The number of benzene rings is 1. The summed E-state index contributed by atoms with van der Waals surface area (Å²) in [6, 6.07) is 10.6. The molecule has 1 aliphatic rings. The van der Waals surface area contributed by atoms with Crippen LogP contribution in [-0.2, 0) is 0 Å². The molecular weight excluding hydrogens is 174 g/mol. The van der Waals surface area contributed by atoms with Crippen LogP contribution in [0.25, 0.3) is 0 Å². The number of aliphatic hydroxyl groups excluding tert-OH is 1. The van der Waals surface area contributed by atoms with E-state index in [2.05, 4.69) is 23.5 Å². The van der Waals surface area contributed by atoms with E-state index in [1.165, 1.54) is 5.56 Å². The fourth-order valence-electron chi connectivity index (χ4n) is 1.77. The van der Waals surface area contributed by atoms with Crippen molar-refractivity contribution in [3.8, 4) is 0 Å². The Balaban J connectivity index is 2.19. The first-order chi connectivity index (χ1) is 6.90. The van der Waals surface area contributed by atoms with Gasteiger partial charge in [-0.15, -0.1) is 0 Å². The van der Waals surface area contributed by atoms with Crippen LogP contribution in [0.5, 0.6) is 0 Å². The number of hydrogen-bond acceptors (Lipinski definition) is 2. The molecule has 0 spiro atoms. The smallest absolute Gasteiger partial charge is 0.0642 e. The monoisotopic (exact) mass is 189 g/mol. The second-order valence-corrected chi connectivity index (χ2v) is 3.58. The summed E-state index contributed by atoms with van der Waals surface area (Å²) in [5, 5.41) is 12.5. The molecule has 1 aromatic carbocycles. The van der Waals surface area contributed by atoms with Crippen molar-refractivity contribution in [2.24, 2.45) is 0 Å². The molecule has 0 radical (unpaired) electrons. The molecule has 1 atom stereocenters. The Morgan fingerprint density at radius 3 is 2.79 bits per heavy atom. The van der Waals surface area contributed by atoms with Crippen molar-refractivity contribution >= 4 is 0 Å². The van der Waals surface area contributed by atoms with Gasteiger partial charge in [0.2, 0.25) is 0 Å². The SMILES string of the molecule is OCC1=CC(c2ccccc2)NCC1. The second-order valence-electron chi connectivity index (χ2n) is 3.58. The predicted molar refractivity (Wildman–Crippen MR) is 57.0 cm³/mol. The molecule has 0 saturated heterocycles. The number of nitrogens with one attached hydrogen (secondary N) is 1. The molecule has 1 aliphatic heterocycles. The zero-order chi connectivity index (χ0) is 9.80. The Morgan fingerprint density at radius 1 is 1.29 bits per heavy atom. The lowest BCUT2D eigenvalue weighted by Gasteiger charge is -2.22. The fraction of sp³-hybridized carbons (Fsp3) is 0.333. The summed E-state index contributed by atoms with van der Waals surface area (Å²) < 4.78 is 0. The van der Waals surface area contributed by atoms with E-state index in [0.29, 0.717) is 0 Å². The van der Waals surface area contributed by atoms with Gasteiger partial charge >= 0.3 is 0 Å². The van der Waals surface area contributed by atoms with Gasteiger partial charge in [-0.3, -0.25) is 0 Å². The van der Waals surface area contributed by atoms with Crippen molar-refractivity contribution in [2.75, 3.05) is 13.2 Å². The maximum absolute atomic E-state index is 9.06. The van der Waals surface area contributed by atoms with Crippen LogP contribution >= 0.6 is 0 Å². The fourth-order valence-corrected chi connectivity index (χ4v) is 1.77. The zero-order valence-electron chi connectivity index (χ0n) is 8.11. The van der Waals surface area contributed by atoms with Gasteiger partial charge in [0, 0.05) is 0 Å². The van der Waals surface area contributed by atoms with Crippen molar-refractivity contribution < 1.29 is 5.11 Å². The van der Waals surface area contributed by atoms with Crippen LogP contribution in [0.2, 0.25) is 0 Å². The third-order valence-corrected chi connectivity index (χ3v) is 2.57. The highest BCUT2D eigenvalue weighted by Crippen LogP contribution is 2.20. The topological polar surface area (TPSA) is 32.3 Å². The minimum atomic E-state index is 0.186. The number of rotatable bonds is 2. The summed E-state index contributed by atoms with van der Waals surface area (Å²) in [4.78, 5) is 0. The minimum Gasteiger partial charge on any atom is -0.392 e. The van der Waals surface area contributed by atoms with Crippen molar-refractivity contribution in [3.05, 3.63) is 47.5 Å². The highest BCUT2D eigenvalue weighted by atomic mass is 16.3. The standard InChI is InChI=1S/C12H15NO/c14-9-10-6-7-13-12(8-10)11-4-2-1-3-5-11/h1-5,8,12-14H,6-7,9H2. The Hall–Kier alpha value is -1.12. The lowest BCUT2D eigenvalue weighted by Crippen LogP contribution is -2.26. The van der Waals surface area contributed by atoms with Crippen LogP contribution in [0, 0.1) is 0 Å². The highest BCUT2D eigenvalue weighted by molar-refractivity contribution is 5.26. The number of hydrogen-bond donors (Lipinski definition) is 2. The molecule has 14 heavy (non-hydrogen) atoms. The van der Waals surface area contributed by atoms with Gasteiger partial charge in [0.05, 0.1) is 12.6 Å². The first-order valence-corrected chi connectivity index (χ1v) is 4.99. The third-order valence-electron chi connectivity index (χ3n) is 2.57. The van der Waals surface area contributed by atoms with Crippen molar-refractivity contribution in [3.63, 3.8) is 0 Å². The summed E-state index contributed by atoms with van der Waals surface area (Å²) in [6.07, 6.45) is 3.08. The van der Waals surface area contributed by atoms with Crippen LogP contribution in [-0.4, -0.2) is 18.3 Å². The van der Waals surface area contributed by atoms with Gasteiger partial charge < -0.3 is 10.4 Å².